The number of benzene rings is 1. The van der Waals surface area contributed by atoms with Crippen molar-refractivity contribution in [2.45, 2.75) is 17.9 Å². The Balaban J connectivity index is 1.77. The number of amides is 1. The van der Waals surface area contributed by atoms with Crippen LogP contribution in [0.15, 0.2) is 40.6 Å². The number of rotatable bonds is 7. The van der Waals surface area contributed by atoms with E-state index in [1.165, 1.54) is 24.1 Å². The van der Waals surface area contributed by atoms with Gasteiger partial charge in [0.05, 0.1) is 24.2 Å². The molecule has 0 bridgehead atoms. The number of morpholine rings is 1. The lowest BCUT2D eigenvalue weighted by Gasteiger charge is -2.34. The summed E-state index contributed by atoms with van der Waals surface area (Å²) >= 11 is 1.66. The van der Waals surface area contributed by atoms with Crippen molar-refractivity contribution in [2.75, 3.05) is 39.9 Å². The molecule has 3 rings (SSSR count). The summed E-state index contributed by atoms with van der Waals surface area (Å²) < 4.78 is 31.8. The third-order valence-corrected chi connectivity index (χ3v) is 7.23. The van der Waals surface area contributed by atoms with Gasteiger partial charge in [-0.05, 0) is 43.1 Å². The molecule has 1 aliphatic heterocycles. The zero-order valence-corrected chi connectivity index (χ0v) is 17.6. The van der Waals surface area contributed by atoms with Gasteiger partial charge in [-0.15, -0.1) is 11.3 Å². The summed E-state index contributed by atoms with van der Waals surface area (Å²) in [6, 6.07) is 8.72. The van der Waals surface area contributed by atoms with E-state index in [9.17, 15) is 13.2 Å². The first kappa shape index (κ1) is 20.9. The Morgan fingerprint density at radius 3 is 2.68 bits per heavy atom. The van der Waals surface area contributed by atoms with Crippen molar-refractivity contribution >= 4 is 27.3 Å². The van der Waals surface area contributed by atoms with Crippen LogP contribution in [0.5, 0.6) is 0 Å². The lowest BCUT2D eigenvalue weighted by atomic mass is 10.1. The quantitative estimate of drug-likeness (QED) is 0.709. The van der Waals surface area contributed by atoms with Crippen molar-refractivity contribution in [1.29, 1.82) is 0 Å². The Morgan fingerprint density at radius 1 is 1.29 bits per heavy atom. The van der Waals surface area contributed by atoms with Crippen LogP contribution in [0.25, 0.3) is 0 Å². The highest BCUT2D eigenvalue weighted by molar-refractivity contribution is 7.89. The number of carbonyl (C=O) groups is 1. The fourth-order valence-corrected chi connectivity index (χ4v) is 4.81. The van der Waals surface area contributed by atoms with Crippen molar-refractivity contribution < 1.29 is 17.9 Å². The molecule has 2 N–H and O–H groups in total. The maximum atomic E-state index is 12.8. The van der Waals surface area contributed by atoms with E-state index in [-0.39, 0.29) is 16.8 Å². The maximum Gasteiger partial charge on any atom is 0.251 e. The fraction of sp³-hybridized carbons (Fsp3) is 0.421. The number of nitrogens with one attached hydrogen (secondary N) is 2. The lowest BCUT2D eigenvalue weighted by molar-refractivity contribution is 0.0169. The molecule has 9 heteroatoms. The molecule has 2 aromatic rings. The van der Waals surface area contributed by atoms with E-state index in [0.717, 1.165) is 18.7 Å². The number of carbonyl (C=O) groups excluding carboxylic acids is 1. The summed E-state index contributed by atoms with van der Waals surface area (Å²) in [5, 5.41) is 5.02. The van der Waals surface area contributed by atoms with Crippen LogP contribution in [-0.2, 0) is 14.8 Å². The molecule has 0 aliphatic carbocycles. The van der Waals surface area contributed by atoms with Crippen LogP contribution in [0, 0.1) is 6.92 Å². The molecule has 1 aromatic carbocycles. The molecule has 0 saturated carbocycles. The van der Waals surface area contributed by atoms with Gasteiger partial charge in [-0.1, -0.05) is 12.1 Å². The molecule has 1 aromatic heterocycles. The van der Waals surface area contributed by atoms with Crippen LogP contribution < -0.4 is 10.0 Å². The first-order chi connectivity index (χ1) is 13.4. The van der Waals surface area contributed by atoms with Crippen LogP contribution in [-0.4, -0.2) is 59.1 Å². The van der Waals surface area contributed by atoms with Gasteiger partial charge < -0.3 is 10.1 Å². The van der Waals surface area contributed by atoms with Gasteiger partial charge in [0.1, 0.15) is 0 Å². The summed E-state index contributed by atoms with van der Waals surface area (Å²) in [5.41, 5.74) is 1.09. The third kappa shape index (κ3) is 4.79. The SMILES string of the molecule is CNS(=O)(=O)c1ccc(C)c(C(=O)NCC(c2cccs2)N2CCOCC2)c1. The van der Waals surface area contributed by atoms with Crippen LogP contribution in [0.3, 0.4) is 0 Å². The zero-order chi connectivity index (χ0) is 20.1. The zero-order valence-electron chi connectivity index (χ0n) is 16.0. The second kappa shape index (κ2) is 9.15. The molecular formula is C19H25N3O4S2. The van der Waals surface area contributed by atoms with Crippen molar-refractivity contribution in [1.82, 2.24) is 14.9 Å². The van der Waals surface area contributed by atoms with Gasteiger partial charge in [0, 0.05) is 30.1 Å². The molecule has 2 heterocycles. The summed E-state index contributed by atoms with van der Waals surface area (Å²) in [5.74, 6) is -0.277. The van der Waals surface area contributed by atoms with Crippen LogP contribution in [0.2, 0.25) is 0 Å². The minimum absolute atomic E-state index is 0.0670. The summed E-state index contributed by atoms with van der Waals surface area (Å²) in [4.78, 5) is 16.4. The molecule has 1 saturated heterocycles. The van der Waals surface area contributed by atoms with Crippen molar-refractivity contribution in [3.8, 4) is 0 Å². The molecule has 1 aliphatic rings. The average Bonchev–Trinajstić information content (AvgIpc) is 3.23. The summed E-state index contributed by atoms with van der Waals surface area (Å²) in [6.45, 7) is 5.23. The molecule has 1 unspecified atom stereocenters. The summed E-state index contributed by atoms with van der Waals surface area (Å²) in [7, 11) is -2.26. The molecule has 28 heavy (non-hydrogen) atoms. The van der Waals surface area contributed by atoms with Gasteiger partial charge >= 0.3 is 0 Å². The predicted octanol–water partition coefficient (Wildman–Crippen LogP) is 1.77. The van der Waals surface area contributed by atoms with Gasteiger partial charge in [-0.25, -0.2) is 13.1 Å². The maximum absolute atomic E-state index is 12.8. The highest BCUT2D eigenvalue weighted by atomic mass is 32.2. The fourth-order valence-electron chi connectivity index (χ4n) is 3.20. The van der Waals surface area contributed by atoms with E-state index in [1.807, 2.05) is 11.4 Å². The minimum atomic E-state index is -3.61. The predicted molar refractivity (Wildman–Crippen MR) is 109 cm³/mol. The monoisotopic (exact) mass is 423 g/mol. The summed E-state index contributed by atoms with van der Waals surface area (Å²) in [6.07, 6.45) is 0. The number of nitrogens with zero attached hydrogens (tertiary/aromatic N) is 1. The normalized spacial score (nSPS) is 16.6. The molecule has 1 amide bonds. The number of ether oxygens (including phenoxy) is 1. The van der Waals surface area contributed by atoms with Gasteiger partial charge in [-0.3, -0.25) is 9.69 Å². The first-order valence-electron chi connectivity index (χ1n) is 9.10. The number of hydrogen-bond acceptors (Lipinski definition) is 6. The average molecular weight is 424 g/mol. The first-order valence-corrected chi connectivity index (χ1v) is 11.5. The van der Waals surface area contributed by atoms with E-state index >= 15 is 0 Å². The molecule has 152 valence electrons. The van der Waals surface area contributed by atoms with Gasteiger partial charge in [0.2, 0.25) is 10.0 Å². The van der Waals surface area contributed by atoms with Crippen molar-refractivity contribution in [3.05, 3.63) is 51.7 Å². The molecular weight excluding hydrogens is 398 g/mol. The Labute approximate surface area is 169 Å². The Kier molecular flexibility index (Phi) is 6.84. The van der Waals surface area contributed by atoms with Crippen LogP contribution >= 0.6 is 11.3 Å². The van der Waals surface area contributed by atoms with E-state index in [4.69, 9.17) is 4.74 Å². The van der Waals surface area contributed by atoms with Crippen molar-refractivity contribution in [2.24, 2.45) is 0 Å². The molecule has 1 atom stereocenters. The molecule has 7 nitrogen and oxygen atoms in total. The number of thiophene rings is 1. The topological polar surface area (TPSA) is 87.7 Å². The molecule has 0 radical (unpaired) electrons. The second-order valence-corrected chi connectivity index (χ2v) is 9.44. The number of aryl methyl sites for hydroxylation is 1. The Bertz CT molecular complexity index is 907. The Morgan fingerprint density at radius 2 is 2.04 bits per heavy atom. The number of hydrogen-bond donors (Lipinski definition) is 2. The Hall–Kier alpha value is -1.78. The largest absolute Gasteiger partial charge is 0.379 e. The van der Waals surface area contributed by atoms with Gasteiger partial charge in [0.15, 0.2) is 0 Å². The van der Waals surface area contributed by atoms with Gasteiger partial charge in [-0.2, -0.15) is 0 Å². The van der Waals surface area contributed by atoms with E-state index in [2.05, 4.69) is 21.0 Å². The van der Waals surface area contributed by atoms with Gasteiger partial charge in [0.25, 0.3) is 5.91 Å². The highest BCUT2D eigenvalue weighted by Crippen LogP contribution is 2.25. The molecule has 1 fully saturated rings. The standard InChI is InChI=1S/C19H25N3O4S2/c1-14-5-6-15(28(24,25)20-2)12-16(14)19(23)21-13-17(18-4-3-11-27-18)22-7-9-26-10-8-22/h3-6,11-12,17,20H,7-10,13H2,1-2H3,(H,21,23). The smallest absolute Gasteiger partial charge is 0.251 e. The molecule has 0 spiro atoms. The number of sulfonamides is 1. The van der Waals surface area contributed by atoms with E-state index < -0.39 is 10.0 Å². The highest BCUT2D eigenvalue weighted by Gasteiger charge is 2.24. The van der Waals surface area contributed by atoms with Crippen molar-refractivity contribution in [3.63, 3.8) is 0 Å². The van der Waals surface area contributed by atoms with Crippen LogP contribution in [0.1, 0.15) is 26.8 Å². The van der Waals surface area contributed by atoms with Crippen LogP contribution in [0.4, 0.5) is 0 Å². The third-order valence-electron chi connectivity index (χ3n) is 4.85. The minimum Gasteiger partial charge on any atom is -0.379 e. The second-order valence-electron chi connectivity index (χ2n) is 6.57. The van der Waals surface area contributed by atoms with E-state index in [0.29, 0.717) is 25.3 Å². The lowest BCUT2D eigenvalue weighted by Crippen LogP contribution is -2.43. The van der Waals surface area contributed by atoms with E-state index in [1.54, 1.807) is 24.3 Å².